The highest BCUT2D eigenvalue weighted by Gasteiger charge is 2.24. The summed E-state index contributed by atoms with van der Waals surface area (Å²) in [4.78, 5) is 12.9. The number of hydrogen-bond acceptors (Lipinski definition) is 2. The number of amides is 1. The van der Waals surface area contributed by atoms with Crippen LogP contribution < -0.4 is 10.6 Å². The van der Waals surface area contributed by atoms with Gasteiger partial charge in [0.2, 0.25) is 0 Å². The smallest absolute Gasteiger partial charge is 0.253 e. The van der Waals surface area contributed by atoms with E-state index in [-0.39, 0.29) is 11.9 Å². The third-order valence-electron chi connectivity index (χ3n) is 3.33. The average molecular weight is 282 g/mol. The molecule has 0 aromatic heterocycles. The van der Waals surface area contributed by atoms with Crippen molar-refractivity contribution in [1.82, 2.24) is 5.32 Å². The van der Waals surface area contributed by atoms with Crippen molar-refractivity contribution in [1.29, 1.82) is 0 Å². The molecule has 0 saturated carbocycles. The minimum absolute atomic E-state index is 0.0890. The Morgan fingerprint density at radius 3 is 2.50 bits per heavy atom. The molecule has 4 heteroatoms. The van der Waals surface area contributed by atoms with E-state index in [1.54, 1.807) is 6.07 Å². The summed E-state index contributed by atoms with van der Waals surface area (Å²) in [7, 11) is 0. The van der Waals surface area contributed by atoms with Crippen LogP contribution in [0.1, 0.15) is 15.9 Å². The van der Waals surface area contributed by atoms with E-state index in [2.05, 4.69) is 10.6 Å². The molecule has 1 aliphatic rings. The van der Waals surface area contributed by atoms with Crippen LogP contribution in [0.3, 0.4) is 0 Å². The van der Waals surface area contributed by atoms with Crippen LogP contribution in [0.5, 0.6) is 0 Å². The fourth-order valence-electron chi connectivity index (χ4n) is 2.31. The van der Waals surface area contributed by atoms with E-state index >= 15 is 0 Å². The predicted molar refractivity (Wildman–Crippen MR) is 84.1 cm³/mol. The van der Waals surface area contributed by atoms with Gasteiger partial charge in [-0.15, -0.1) is 0 Å². The summed E-state index contributed by atoms with van der Waals surface area (Å²) in [5.74, 6) is -0.0890. The van der Waals surface area contributed by atoms with Gasteiger partial charge in [-0.3, -0.25) is 4.79 Å². The molecular formula is C16H14N2OS. The van der Waals surface area contributed by atoms with Crippen molar-refractivity contribution in [2.45, 2.75) is 12.5 Å². The van der Waals surface area contributed by atoms with Gasteiger partial charge in [-0.05, 0) is 24.1 Å². The minimum Gasteiger partial charge on any atom is -0.348 e. The van der Waals surface area contributed by atoms with Crippen molar-refractivity contribution in [3.05, 3.63) is 65.7 Å². The number of hydrogen-bond donors (Lipinski definition) is 2. The van der Waals surface area contributed by atoms with E-state index in [4.69, 9.17) is 12.2 Å². The average Bonchev–Trinajstić information content (AvgIpc) is 2.58. The molecule has 1 aliphatic heterocycles. The first-order chi connectivity index (χ1) is 9.74. The molecule has 20 heavy (non-hydrogen) atoms. The first-order valence-corrected chi connectivity index (χ1v) is 6.89. The maximum atomic E-state index is 12.2. The molecule has 3 rings (SSSR count). The van der Waals surface area contributed by atoms with Gasteiger partial charge in [0.25, 0.3) is 5.91 Å². The predicted octanol–water partition coefficient (Wildman–Crippen LogP) is 2.78. The molecule has 0 fully saturated rings. The molecular weight excluding hydrogens is 268 g/mol. The molecule has 3 nitrogen and oxygen atoms in total. The fraction of sp³-hybridized carbons (Fsp3) is 0.125. The van der Waals surface area contributed by atoms with Crippen molar-refractivity contribution in [3.63, 3.8) is 0 Å². The number of fused-ring (bicyclic) bond motifs is 1. The van der Waals surface area contributed by atoms with E-state index in [1.807, 2.05) is 48.5 Å². The summed E-state index contributed by atoms with van der Waals surface area (Å²) in [6, 6.07) is 17.2. The molecule has 1 amide bonds. The van der Waals surface area contributed by atoms with Gasteiger partial charge in [0, 0.05) is 0 Å². The van der Waals surface area contributed by atoms with Crippen molar-refractivity contribution < 1.29 is 4.79 Å². The number of para-hydroxylation sites is 1. The summed E-state index contributed by atoms with van der Waals surface area (Å²) in [6.45, 7) is 0. The van der Waals surface area contributed by atoms with E-state index < -0.39 is 0 Å². The van der Waals surface area contributed by atoms with Crippen LogP contribution in [-0.4, -0.2) is 16.9 Å². The molecule has 2 aromatic rings. The Labute approximate surface area is 123 Å². The van der Waals surface area contributed by atoms with Gasteiger partial charge >= 0.3 is 0 Å². The molecule has 100 valence electrons. The van der Waals surface area contributed by atoms with Crippen LogP contribution in [0.2, 0.25) is 0 Å². The quantitative estimate of drug-likeness (QED) is 0.832. The summed E-state index contributed by atoms with van der Waals surface area (Å²) in [5.41, 5.74) is 2.55. The maximum absolute atomic E-state index is 12.2. The van der Waals surface area contributed by atoms with E-state index in [0.717, 1.165) is 11.3 Å². The lowest BCUT2D eigenvalue weighted by Crippen LogP contribution is -2.41. The van der Waals surface area contributed by atoms with Gasteiger partial charge in [0.05, 0.1) is 17.3 Å². The van der Waals surface area contributed by atoms with Crippen LogP contribution in [0.4, 0.5) is 5.69 Å². The summed E-state index contributed by atoms with van der Waals surface area (Å²) in [5, 5.41) is 6.16. The Kier molecular flexibility index (Phi) is 3.48. The molecule has 0 aliphatic carbocycles. The number of thiocarbonyl (C=S) groups is 1. The van der Waals surface area contributed by atoms with Crippen LogP contribution in [-0.2, 0) is 6.42 Å². The van der Waals surface area contributed by atoms with Gasteiger partial charge in [-0.1, -0.05) is 54.7 Å². The molecule has 0 saturated heterocycles. The van der Waals surface area contributed by atoms with Gasteiger partial charge < -0.3 is 10.6 Å². The number of carbonyl (C=O) groups excluding carboxylic acids is 1. The van der Waals surface area contributed by atoms with E-state index in [9.17, 15) is 4.79 Å². The van der Waals surface area contributed by atoms with E-state index in [0.29, 0.717) is 17.0 Å². The third kappa shape index (κ3) is 2.56. The molecule has 1 heterocycles. The van der Waals surface area contributed by atoms with Crippen molar-refractivity contribution in [2.75, 3.05) is 5.32 Å². The summed E-state index contributed by atoms with van der Waals surface area (Å²) >= 11 is 5.42. The lowest BCUT2D eigenvalue weighted by Gasteiger charge is -2.17. The van der Waals surface area contributed by atoms with Crippen molar-refractivity contribution >= 4 is 28.8 Å². The second-order valence-corrected chi connectivity index (χ2v) is 5.19. The minimum atomic E-state index is -0.188. The second-order valence-electron chi connectivity index (χ2n) is 4.75. The van der Waals surface area contributed by atoms with Crippen molar-refractivity contribution in [3.8, 4) is 0 Å². The lowest BCUT2D eigenvalue weighted by atomic mass is 10.1. The number of nitrogens with one attached hydrogen (secondary N) is 2. The normalized spacial score (nSPS) is 17.7. The van der Waals surface area contributed by atoms with Gasteiger partial charge in [0.1, 0.15) is 4.99 Å². The first-order valence-electron chi connectivity index (χ1n) is 6.49. The fourth-order valence-corrected chi connectivity index (χ4v) is 2.56. The van der Waals surface area contributed by atoms with Crippen molar-refractivity contribution in [2.24, 2.45) is 0 Å². The monoisotopic (exact) mass is 282 g/mol. The van der Waals surface area contributed by atoms with E-state index in [1.165, 1.54) is 0 Å². The number of carbonyl (C=O) groups is 1. The van der Waals surface area contributed by atoms with Crippen LogP contribution in [0.25, 0.3) is 0 Å². The Morgan fingerprint density at radius 1 is 1.00 bits per heavy atom. The Bertz CT molecular complexity index is 655. The zero-order valence-corrected chi connectivity index (χ0v) is 11.6. The maximum Gasteiger partial charge on any atom is 0.253 e. The largest absolute Gasteiger partial charge is 0.348 e. The van der Waals surface area contributed by atoms with Gasteiger partial charge in [-0.25, -0.2) is 0 Å². The number of benzene rings is 2. The van der Waals surface area contributed by atoms with Crippen LogP contribution in [0, 0.1) is 0 Å². The summed E-state index contributed by atoms with van der Waals surface area (Å²) < 4.78 is 0. The van der Waals surface area contributed by atoms with Gasteiger partial charge in [-0.2, -0.15) is 0 Å². The highest BCUT2D eigenvalue weighted by atomic mass is 32.1. The molecule has 1 atom stereocenters. The Hall–Kier alpha value is -2.20. The second kappa shape index (κ2) is 5.43. The highest BCUT2D eigenvalue weighted by molar-refractivity contribution is 7.80. The first kappa shape index (κ1) is 12.8. The van der Waals surface area contributed by atoms with Gasteiger partial charge in [0.15, 0.2) is 0 Å². The molecule has 2 aromatic carbocycles. The molecule has 2 N–H and O–H groups in total. The Balaban J connectivity index is 1.86. The molecule has 0 unspecified atom stereocenters. The molecule has 0 bridgehead atoms. The number of anilines is 1. The third-order valence-corrected chi connectivity index (χ3v) is 3.72. The molecule has 0 radical (unpaired) electrons. The zero-order valence-electron chi connectivity index (χ0n) is 10.8. The standard InChI is InChI=1S/C16H14N2OS/c19-15-12-8-4-5-9-13(12)18-16(20)14(17-15)10-11-6-2-1-3-7-11/h1-9,14H,10H2,(H,17,19)(H,18,20)/t14-/m0/s1. The highest BCUT2D eigenvalue weighted by Crippen LogP contribution is 2.19. The molecule has 0 spiro atoms. The zero-order chi connectivity index (χ0) is 13.9. The van der Waals surface area contributed by atoms with Crippen LogP contribution >= 0.6 is 12.2 Å². The number of rotatable bonds is 2. The Morgan fingerprint density at radius 2 is 1.70 bits per heavy atom. The lowest BCUT2D eigenvalue weighted by molar-refractivity contribution is 0.0949. The topological polar surface area (TPSA) is 41.1 Å². The summed E-state index contributed by atoms with van der Waals surface area (Å²) in [6.07, 6.45) is 0.687. The van der Waals surface area contributed by atoms with Crippen LogP contribution in [0.15, 0.2) is 54.6 Å². The SMILES string of the molecule is O=C1N[C@@H](Cc2ccccc2)C(=S)Nc2ccccc21.